The first-order valence-corrected chi connectivity index (χ1v) is 10.2. The second-order valence-electron chi connectivity index (χ2n) is 6.06. The van der Waals surface area contributed by atoms with Crippen LogP contribution in [-0.4, -0.2) is 36.1 Å². The van der Waals surface area contributed by atoms with Crippen LogP contribution in [0.2, 0.25) is 5.02 Å². The molecular formula is C20H20ClN3O5S. The van der Waals surface area contributed by atoms with Crippen LogP contribution >= 0.6 is 23.4 Å². The first kappa shape index (κ1) is 21.8. The van der Waals surface area contributed by atoms with Gasteiger partial charge in [-0.3, -0.25) is 4.79 Å². The van der Waals surface area contributed by atoms with Crippen molar-refractivity contribution in [3.8, 4) is 17.2 Å². The number of thioether (sulfide) groups is 1. The Kier molecular flexibility index (Phi) is 7.42. The van der Waals surface area contributed by atoms with Gasteiger partial charge in [-0.25, -0.2) is 0 Å². The van der Waals surface area contributed by atoms with Gasteiger partial charge in [0.25, 0.3) is 11.1 Å². The quantitative estimate of drug-likeness (QED) is 0.481. The number of halogens is 1. The molecule has 0 saturated heterocycles. The minimum Gasteiger partial charge on any atom is -0.497 e. The fourth-order valence-electron chi connectivity index (χ4n) is 2.49. The van der Waals surface area contributed by atoms with Crippen molar-refractivity contribution in [1.82, 2.24) is 10.2 Å². The molecule has 0 bridgehead atoms. The highest BCUT2D eigenvalue weighted by molar-refractivity contribution is 7.99. The Bertz CT molecular complexity index is 1030. The van der Waals surface area contributed by atoms with E-state index in [1.807, 2.05) is 13.0 Å². The topological polar surface area (TPSA) is 95.7 Å². The standard InChI is InChI=1S/C20H20ClN3O5S/c1-12-8-13(21)4-6-16(12)28-10-19-23-24-20(29-19)30-11-18(25)22-15-9-14(26-2)5-7-17(15)27-3/h4-9H,10-11H2,1-3H3,(H,22,25). The summed E-state index contributed by atoms with van der Waals surface area (Å²) in [4.78, 5) is 12.3. The first-order chi connectivity index (χ1) is 14.5. The average Bonchev–Trinajstić information content (AvgIpc) is 3.19. The zero-order valence-corrected chi connectivity index (χ0v) is 18.2. The number of benzene rings is 2. The van der Waals surface area contributed by atoms with E-state index in [1.54, 1.807) is 37.4 Å². The molecule has 30 heavy (non-hydrogen) atoms. The van der Waals surface area contributed by atoms with Crippen LogP contribution in [0, 0.1) is 6.92 Å². The summed E-state index contributed by atoms with van der Waals surface area (Å²) in [6, 6.07) is 10.5. The van der Waals surface area contributed by atoms with Crippen LogP contribution in [0.3, 0.4) is 0 Å². The van der Waals surface area contributed by atoms with Crippen LogP contribution in [0.1, 0.15) is 11.5 Å². The Hall–Kier alpha value is -2.91. The van der Waals surface area contributed by atoms with Crippen molar-refractivity contribution in [3.63, 3.8) is 0 Å². The van der Waals surface area contributed by atoms with E-state index in [1.165, 1.54) is 7.11 Å². The van der Waals surface area contributed by atoms with Crippen LogP contribution in [0.15, 0.2) is 46.0 Å². The number of carbonyl (C=O) groups is 1. The fourth-order valence-corrected chi connectivity index (χ4v) is 3.30. The molecule has 1 heterocycles. The smallest absolute Gasteiger partial charge is 0.277 e. The average molecular weight is 450 g/mol. The monoisotopic (exact) mass is 449 g/mol. The second kappa shape index (κ2) is 10.2. The van der Waals surface area contributed by atoms with Crippen molar-refractivity contribution in [3.05, 3.63) is 52.9 Å². The van der Waals surface area contributed by atoms with Gasteiger partial charge < -0.3 is 23.9 Å². The maximum absolute atomic E-state index is 12.3. The van der Waals surface area contributed by atoms with Gasteiger partial charge in [0, 0.05) is 11.1 Å². The van der Waals surface area contributed by atoms with E-state index >= 15 is 0 Å². The third-order valence-electron chi connectivity index (χ3n) is 3.94. The Balaban J connectivity index is 1.52. The van der Waals surface area contributed by atoms with Crippen molar-refractivity contribution in [2.75, 3.05) is 25.3 Å². The number of nitrogens with zero attached hydrogens (tertiary/aromatic N) is 2. The lowest BCUT2D eigenvalue weighted by Gasteiger charge is -2.11. The van der Waals surface area contributed by atoms with Crippen LogP contribution in [0.25, 0.3) is 0 Å². The van der Waals surface area contributed by atoms with E-state index in [0.29, 0.717) is 33.8 Å². The van der Waals surface area contributed by atoms with Crippen molar-refractivity contribution >= 4 is 35.0 Å². The molecule has 0 radical (unpaired) electrons. The highest BCUT2D eigenvalue weighted by Crippen LogP contribution is 2.29. The predicted octanol–water partition coefficient (Wildman–Crippen LogP) is 4.36. The number of rotatable bonds is 9. The number of aryl methyl sites for hydroxylation is 1. The molecule has 1 aromatic heterocycles. The molecule has 3 rings (SSSR count). The summed E-state index contributed by atoms with van der Waals surface area (Å²) >= 11 is 7.06. The van der Waals surface area contributed by atoms with Crippen molar-refractivity contribution in [2.24, 2.45) is 0 Å². The number of methoxy groups -OCH3 is 2. The molecule has 3 aromatic rings. The summed E-state index contributed by atoms with van der Waals surface area (Å²) in [5, 5.41) is 11.6. The Morgan fingerprint density at radius 2 is 1.93 bits per heavy atom. The van der Waals surface area contributed by atoms with E-state index < -0.39 is 0 Å². The Morgan fingerprint density at radius 3 is 2.67 bits per heavy atom. The zero-order valence-electron chi connectivity index (χ0n) is 16.6. The summed E-state index contributed by atoms with van der Waals surface area (Å²) in [5.74, 6) is 1.96. The lowest BCUT2D eigenvalue weighted by atomic mass is 10.2. The van der Waals surface area contributed by atoms with Gasteiger partial charge in [0.2, 0.25) is 5.91 Å². The van der Waals surface area contributed by atoms with E-state index in [2.05, 4.69) is 15.5 Å². The third-order valence-corrected chi connectivity index (χ3v) is 5.00. The summed E-state index contributed by atoms with van der Waals surface area (Å²) in [5.41, 5.74) is 1.42. The van der Waals surface area contributed by atoms with E-state index in [-0.39, 0.29) is 23.5 Å². The molecule has 1 N–H and O–H groups in total. The maximum atomic E-state index is 12.3. The normalized spacial score (nSPS) is 10.5. The van der Waals surface area contributed by atoms with Gasteiger partial charge in [0.05, 0.1) is 25.7 Å². The van der Waals surface area contributed by atoms with E-state index in [0.717, 1.165) is 17.3 Å². The van der Waals surface area contributed by atoms with Gasteiger partial charge in [-0.05, 0) is 42.8 Å². The molecule has 10 heteroatoms. The highest BCUT2D eigenvalue weighted by Gasteiger charge is 2.13. The number of anilines is 1. The van der Waals surface area contributed by atoms with Gasteiger partial charge in [-0.2, -0.15) is 0 Å². The zero-order chi connectivity index (χ0) is 21.5. The van der Waals surface area contributed by atoms with Gasteiger partial charge in [0.1, 0.15) is 17.2 Å². The van der Waals surface area contributed by atoms with Crippen molar-refractivity contribution in [2.45, 2.75) is 18.8 Å². The summed E-state index contributed by atoms with van der Waals surface area (Å²) < 4.78 is 21.6. The number of amides is 1. The minimum absolute atomic E-state index is 0.0825. The number of hydrogen-bond acceptors (Lipinski definition) is 8. The molecule has 2 aromatic carbocycles. The molecule has 0 aliphatic rings. The highest BCUT2D eigenvalue weighted by atomic mass is 35.5. The largest absolute Gasteiger partial charge is 0.497 e. The minimum atomic E-state index is -0.251. The SMILES string of the molecule is COc1ccc(OC)c(NC(=O)CSc2nnc(COc3ccc(Cl)cc3C)o2)c1. The van der Waals surface area contributed by atoms with Gasteiger partial charge in [0.15, 0.2) is 6.61 Å². The molecule has 1 amide bonds. The Morgan fingerprint density at radius 1 is 1.13 bits per heavy atom. The number of hydrogen-bond donors (Lipinski definition) is 1. The van der Waals surface area contributed by atoms with Crippen LogP contribution in [0.5, 0.6) is 17.2 Å². The predicted molar refractivity (Wildman–Crippen MR) is 114 cm³/mol. The van der Waals surface area contributed by atoms with E-state index in [4.69, 9.17) is 30.2 Å². The van der Waals surface area contributed by atoms with Crippen molar-refractivity contribution in [1.29, 1.82) is 0 Å². The summed E-state index contributed by atoms with van der Waals surface area (Å²) in [7, 11) is 3.08. The fraction of sp³-hybridized carbons (Fsp3) is 0.250. The second-order valence-corrected chi connectivity index (χ2v) is 7.43. The van der Waals surface area contributed by atoms with Crippen molar-refractivity contribution < 1.29 is 23.4 Å². The summed E-state index contributed by atoms with van der Waals surface area (Å²) in [6.45, 7) is 2.01. The number of nitrogens with one attached hydrogen (secondary N) is 1. The first-order valence-electron chi connectivity index (χ1n) is 8.84. The molecule has 0 aliphatic carbocycles. The van der Waals surface area contributed by atoms with Crippen LogP contribution < -0.4 is 19.5 Å². The maximum Gasteiger partial charge on any atom is 0.277 e. The lowest BCUT2D eigenvalue weighted by molar-refractivity contribution is -0.113. The molecule has 0 spiro atoms. The number of carbonyl (C=O) groups excluding carboxylic acids is 1. The Labute approximate surface area is 182 Å². The van der Waals surface area contributed by atoms with Gasteiger partial charge in [-0.1, -0.05) is 23.4 Å². The van der Waals surface area contributed by atoms with Gasteiger partial charge >= 0.3 is 0 Å². The number of ether oxygens (including phenoxy) is 3. The van der Waals surface area contributed by atoms with E-state index in [9.17, 15) is 4.79 Å². The molecule has 0 saturated carbocycles. The molecular weight excluding hydrogens is 430 g/mol. The molecule has 8 nitrogen and oxygen atoms in total. The van der Waals surface area contributed by atoms with Crippen LogP contribution in [-0.2, 0) is 11.4 Å². The molecule has 0 fully saturated rings. The van der Waals surface area contributed by atoms with Crippen LogP contribution in [0.4, 0.5) is 5.69 Å². The molecule has 0 aliphatic heterocycles. The lowest BCUT2D eigenvalue weighted by Crippen LogP contribution is -2.14. The summed E-state index contributed by atoms with van der Waals surface area (Å²) in [6.07, 6.45) is 0. The third kappa shape index (κ3) is 5.80. The van der Waals surface area contributed by atoms with Gasteiger partial charge in [-0.15, -0.1) is 10.2 Å². The molecule has 0 atom stereocenters. The number of aromatic nitrogens is 2. The molecule has 0 unspecified atom stereocenters. The molecule has 158 valence electrons.